The van der Waals surface area contributed by atoms with Gasteiger partial charge in [-0.1, -0.05) is 200 Å². The van der Waals surface area contributed by atoms with Crippen molar-refractivity contribution < 1.29 is 58.2 Å². The molecule has 12 heteroatoms. The smallest absolute Gasteiger partial charge is 0.335 e. The lowest BCUT2D eigenvalue weighted by Gasteiger charge is -2.40. The van der Waals surface area contributed by atoms with Crippen LogP contribution in [0.15, 0.2) is 122 Å². The number of rotatable bonds is 50. The van der Waals surface area contributed by atoms with Crippen LogP contribution in [0.4, 0.5) is 0 Å². The molecule has 79 heavy (non-hydrogen) atoms. The molecule has 6 unspecified atom stereocenters. The van der Waals surface area contributed by atoms with Gasteiger partial charge in [-0.05, 0) is 128 Å². The SMILES string of the molecule is CC/C=C\C/C=C\C/C=C\C/C=C\C/C=C\CCCCCC(=O)OCC(COC1OC(C(=O)O)C(O)C(O)C1OC(=O)CCCC/C=C\C/C=C\C/C=C\C/C=C\CC)OC(=O)CCCCCCC/C=C\CCCCCCCC. The van der Waals surface area contributed by atoms with Crippen molar-refractivity contribution in [1.29, 1.82) is 0 Å². The summed E-state index contributed by atoms with van der Waals surface area (Å²) in [5.74, 6) is -3.24. The lowest BCUT2D eigenvalue weighted by molar-refractivity contribution is -0.301. The average molecular weight is 1100 g/mol. The zero-order valence-electron chi connectivity index (χ0n) is 49.1. The molecule has 12 nitrogen and oxygen atoms in total. The zero-order chi connectivity index (χ0) is 57.5. The van der Waals surface area contributed by atoms with Crippen molar-refractivity contribution >= 4 is 23.9 Å². The van der Waals surface area contributed by atoms with Crippen LogP contribution in [0.25, 0.3) is 0 Å². The monoisotopic (exact) mass is 1100 g/mol. The summed E-state index contributed by atoms with van der Waals surface area (Å²) >= 11 is 0. The van der Waals surface area contributed by atoms with Crippen LogP contribution in [-0.4, -0.2) is 89.2 Å². The van der Waals surface area contributed by atoms with E-state index in [-0.39, 0.29) is 25.9 Å². The molecule has 1 heterocycles. The molecule has 1 saturated heterocycles. The first-order valence-corrected chi connectivity index (χ1v) is 30.5. The van der Waals surface area contributed by atoms with Crippen LogP contribution in [0, 0.1) is 0 Å². The van der Waals surface area contributed by atoms with Gasteiger partial charge in [0.05, 0.1) is 6.61 Å². The van der Waals surface area contributed by atoms with Crippen molar-refractivity contribution in [2.45, 2.75) is 263 Å². The zero-order valence-corrected chi connectivity index (χ0v) is 49.1. The Bertz CT molecular complexity index is 1840. The molecule has 0 spiro atoms. The standard InChI is InChI=1S/C67H106O12/c1-4-7-10-13-16-19-22-25-28-29-30-31-34-35-38-41-44-47-50-53-59(68)75-56-58(77-60(69)54-51-48-45-42-39-36-32-26-23-20-17-14-11-8-5-2)57-76-67-65(63(72)62(71)64(79-67)66(73)74)78-61(70)55-52-49-46-43-40-37-33-27-24-21-18-15-12-9-6-3/h7,9-10,12,16,18-19,21,25-28,30-33,35,38,40,43,58,62-65,67,71-72H,4-6,8,11,13-15,17,20,22-24,29,34,36-37,39,41-42,44-57H2,1-3H3,(H,73,74)/b10-7-,12-9-,19-16-,21-18-,28-25-,31-30-,32-26-,33-27-,38-35-,43-40-. The quantitative estimate of drug-likeness (QED) is 0.0228. The van der Waals surface area contributed by atoms with E-state index in [1.165, 1.54) is 38.5 Å². The molecule has 0 bridgehead atoms. The third-order valence-electron chi connectivity index (χ3n) is 13.0. The van der Waals surface area contributed by atoms with E-state index >= 15 is 0 Å². The van der Waals surface area contributed by atoms with E-state index < -0.39 is 67.3 Å². The van der Waals surface area contributed by atoms with E-state index in [0.29, 0.717) is 25.7 Å². The van der Waals surface area contributed by atoms with Crippen molar-refractivity contribution in [2.24, 2.45) is 0 Å². The molecule has 0 aromatic heterocycles. The summed E-state index contributed by atoms with van der Waals surface area (Å²) in [6.07, 6.45) is 61.6. The number of carbonyl (C=O) groups excluding carboxylic acids is 3. The van der Waals surface area contributed by atoms with E-state index in [0.717, 1.165) is 122 Å². The fourth-order valence-corrected chi connectivity index (χ4v) is 8.38. The van der Waals surface area contributed by atoms with Crippen molar-refractivity contribution in [3.05, 3.63) is 122 Å². The molecule has 1 rings (SSSR count). The summed E-state index contributed by atoms with van der Waals surface area (Å²) in [6.45, 7) is 5.70. The van der Waals surface area contributed by atoms with Gasteiger partial charge in [0.15, 0.2) is 24.6 Å². The molecule has 6 atom stereocenters. The van der Waals surface area contributed by atoms with Gasteiger partial charge in [-0.15, -0.1) is 0 Å². The lowest BCUT2D eigenvalue weighted by Crippen LogP contribution is -2.61. The van der Waals surface area contributed by atoms with E-state index in [1.807, 2.05) is 0 Å². The number of allylic oxidation sites excluding steroid dienone is 20. The number of hydrogen-bond donors (Lipinski definition) is 3. The topological polar surface area (TPSA) is 175 Å². The maximum atomic E-state index is 13.2. The van der Waals surface area contributed by atoms with E-state index in [1.54, 1.807) is 0 Å². The van der Waals surface area contributed by atoms with Gasteiger partial charge < -0.3 is 39.0 Å². The van der Waals surface area contributed by atoms with Gasteiger partial charge >= 0.3 is 23.9 Å². The molecule has 1 aliphatic heterocycles. The summed E-state index contributed by atoms with van der Waals surface area (Å²) in [5.41, 5.74) is 0. The number of carboxylic acids is 1. The first-order chi connectivity index (χ1) is 38.6. The van der Waals surface area contributed by atoms with Gasteiger partial charge in [0.2, 0.25) is 0 Å². The molecule has 0 saturated carbocycles. The fourth-order valence-electron chi connectivity index (χ4n) is 8.38. The van der Waals surface area contributed by atoms with Gasteiger partial charge in [-0.25, -0.2) is 4.79 Å². The van der Waals surface area contributed by atoms with Crippen LogP contribution in [0.5, 0.6) is 0 Å². The number of unbranched alkanes of at least 4 members (excludes halogenated alkanes) is 16. The van der Waals surface area contributed by atoms with Gasteiger partial charge in [0, 0.05) is 19.3 Å². The molecule has 1 fully saturated rings. The number of hydrogen-bond acceptors (Lipinski definition) is 11. The highest BCUT2D eigenvalue weighted by molar-refractivity contribution is 5.74. The molecular weight excluding hydrogens is 997 g/mol. The maximum absolute atomic E-state index is 13.2. The Morgan fingerprint density at radius 2 is 0.797 bits per heavy atom. The highest BCUT2D eigenvalue weighted by atomic mass is 16.7. The Morgan fingerprint density at radius 1 is 0.430 bits per heavy atom. The highest BCUT2D eigenvalue weighted by Gasteiger charge is 2.50. The van der Waals surface area contributed by atoms with E-state index in [9.17, 15) is 34.5 Å². The predicted octanol–water partition coefficient (Wildman–Crippen LogP) is 16.0. The van der Waals surface area contributed by atoms with Crippen molar-refractivity contribution in [2.75, 3.05) is 13.2 Å². The van der Waals surface area contributed by atoms with Crippen molar-refractivity contribution in [1.82, 2.24) is 0 Å². The second-order valence-corrected chi connectivity index (χ2v) is 20.2. The van der Waals surface area contributed by atoms with Crippen LogP contribution in [0.3, 0.4) is 0 Å². The van der Waals surface area contributed by atoms with Gasteiger partial charge in [0.25, 0.3) is 0 Å². The third-order valence-corrected chi connectivity index (χ3v) is 13.0. The van der Waals surface area contributed by atoms with Crippen LogP contribution >= 0.6 is 0 Å². The average Bonchev–Trinajstić information content (AvgIpc) is 3.46. The lowest BCUT2D eigenvalue weighted by atomic mass is 9.98. The van der Waals surface area contributed by atoms with Gasteiger partial charge in [-0.2, -0.15) is 0 Å². The van der Waals surface area contributed by atoms with Crippen LogP contribution in [-0.2, 0) is 42.9 Å². The molecule has 1 aliphatic rings. The molecule has 3 N–H and O–H groups in total. The summed E-state index contributed by atoms with van der Waals surface area (Å²) < 4.78 is 28.4. The molecule has 0 aromatic carbocycles. The summed E-state index contributed by atoms with van der Waals surface area (Å²) in [4.78, 5) is 51.2. The third kappa shape index (κ3) is 43.6. The molecule has 0 aromatic rings. The van der Waals surface area contributed by atoms with Crippen LogP contribution in [0.2, 0.25) is 0 Å². The van der Waals surface area contributed by atoms with Gasteiger partial charge in [0.1, 0.15) is 18.8 Å². The number of aliphatic hydroxyl groups excluding tert-OH is 2. The van der Waals surface area contributed by atoms with Crippen molar-refractivity contribution in [3.63, 3.8) is 0 Å². The fraction of sp³-hybridized carbons (Fsp3) is 0.642. The highest BCUT2D eigenvalue weighted by Crippen LogP contribution is 2.26. The second-order valence-electron chi connectivity index (χ2n) is 20.2. The van der Waals surface area contributed by atoms with Crippen LogP contribution < -0.4 is 0 Å². The number of carboxylic acid groups (broad SMARTS) is 1. The summed E-state index contributed by atoms with van der Waals surface area (Å²) in [5, 5.41) is 31.5. The minimum absolute atomic E-state index is 0.00214. The van der Waals surface area contributed by atoms with E-state index in [4.69, 9.17) is 23.7 Å². The molecule has 0 aliphatic carbocycles. The largest absolute Gasteiger partial charge is 0.479 e. The number of ether oxygens (including phenoxy) is 5. The minimum atomic E-state index is -1.93. The minimum Gasteiger partial charge on any atom is -0.479 e. The molecule has 0 amide bonds. The van der Waals surface area contributed by atoms with Gasteiger partial charge in [-0.3, -0.25) is 14.4 Å². The Balaban J connectivity index is 2.74. The number of esters is 3. The first-order valence-electron chi connectivity index (χ1n) is 30.5. The summed E-state index contributed by atoms with van der Waals surface area (Å²) in [6, 6.07) is 0. The maximum Gasteiger partial charge on any atom is 0.335 e. The Kier molecular flexibility index (Phi) is 49.1. The predicted molar refractivity (Wildman–Crippen MR) is 321 cm³/mol. The first kappa shape index (κ1) is 72.1. The molecular formula is C67H106O12. The number of carbonyl (C=O) groups is 4. The molecule has 446 valence electrons. The number of aliphatic carboxylic acids is 1. The Labute approximate surface area is 478 Å². The second kappa shape index (κ2) is 53.7. The van der Waals surface area contributed by atoms with Crippen LogP contribution in [0.1, 0.15) is 226 Å². The Hall–Kier alpha value is -4.88. The normalized spacial score (nSPS) is 18.7. The number of aliphatic hydroxyl groups is 2. The summed E-state index contributed by atoms with van der Waals surface area (Å²) in [7, 11) is 0. The van der Waals surface area contributed by atoms with Crippen molar-refractivity contribution in [3.8, 4) is 0 Å². The Morgan fingerprint density at radius 3 is 1.27 bits per heavy atom. The molecule has 0 radical (unpaired) electrons. The van der Waals surface area contributed by atoms with E-state index in [2.05, 4.69) is 142 Å².